The van der Waals surface area contributed by atoms with Gasteiger partial charge in [-0.15, -0.1) is 11.6 Å². The zero-order valence-electron chi connectivity index (χ0n) is 11.2. The fourth-order valence-corrected chi connectivity index (χ4v) is 1.61. The van der Waals surface area contributed by atoms with Gasteiger partial charge < -0.3 is 14.2 Å². The fourth-order valence-electron chi connectivity index (χ4n) is 1.45. The molecule has 102 valence electrons. The highest BCUT2D eigenvalue weighted by molar-refractivity contribution is 6.17. The molecule has 0 N–H and O–H groups in total. The Balaban J connectivity index is 2.44. The molecule has 0 bridgehead atoms. The molecule has 0 aliphatic carbocycles. The Morgan fingerprint density at radius 3 is 2.56 bits per heavy atom. The molecule has 0 heterocycles. The molecule has 0 saturated carbocycles. The number of ether oxygens (including phenoxy) is 3. The van der Waals surface area contributed by atoms with Crippen LogP contribution in [-0.4, -0.2) is 26.9 Å². The van der Waals surface area contributed by atoms with Crippen molar-refractivity contribution in [3.63, 3.8) is 0 Å². The van der Waals surface area contributed by atoms with Crippen molar-refractivity contribution >= 4 is 11.6 Å². The van der Waals surface area contributed by atoms with Crippen LogP contribution in [0.1, 0.15) is 19.4 Å². The zero-order chi connectivity index (χ0) is 13.4. The normalized spacial score (nSPS) is 10.7. The lowest BCUT2D eigenvalue weighted by atomic mass is 10.2. The van der Waals surface area contributed by atoms with E-state index in [1.165, 1.54) is 0 Å². The Kier molecular flexibility index (Phi) is 6.91. The molecule has 18 heavy (non-hydrogen) atoms. The van der Waals surface area contributed by atoms with Gasteiger partial charge in [-0.25, -0.2) is 0 Å². The third-order valence-electron chi connectivity index (χ3n) is 2.32. The first-order valence-electron chi connectivity index (χ1n) is 6.10. The smallest absolute Gasteiger partial charge is 0.161 e. The maximum atomic E-state index is 5.79. The minimum Gasteiger partial charge on any atom is -0.493 e. The van der Waals surface area contributed by atoms with Crippen LogP contribution in [0.5, 0.6) is 11.5 Å². The van der Waals surface area contributed by atoms with Gasteiger partial charge in [-0.05, 0) is 23.6 Å². The highest BCUT2D eigenvalue weighted by Gasteiger charge is 2.05. The van der Waals surface area contributed by atoms with E-state index in [0.717, 1.165) is 12.2 Å². The second-order valence-corrected chi connectivity index (χ2v) is 4.70. The van der Waals surface area contributed by atoms with Crippen LogP contribution in [0.4, 0.5) is 0 Å². The Morgan fingerprint density at radius 2 is 1.94 bits per heavy atom. The maximum Gasteiger partial charge on any atom is 0.161 e. The van der Waals surface area contributed by atoms with Gasteiger partial charge in [0.25, 0.3) is 0 Å². The van der Waals surface area contributed by atoms with Gasteiger partial charge in [0.1, 0.15) is 6.61 Å². The second-order valence-electron chi connectivity index (χ2n) is 4.44. The van der Waals surface area contributed by atoms with Crippen molar-refractivity contribution < 1.29 is 14.2 Å². The molecule has 1 aromatic rings. The molecule has 0 aliphatic rings. The number of methoxy groups -OCH3 is 1. The number of alkyl halides is 1. The molecular weight excluding hydrogens is 252 g/mol. The lowest BCUT2D eigenvalue weighted by Crippen LogP contribution is -2.10. The number of halogens is 1. The van der Waals surface area contributed by atoms with Gasteiger partial charge in [0, 0.05) is 12.5 Å². The first-order chi connectivity index (χ1) is 8.67. The van der Waals surface area contributed by atoms with E-state index in [-0.39, 0.29) is 0 Å². The van der Waals surface area contributed by atoms with Crippen LogP contribution in [0.2, 0.25) is 0 Å². The average molecular weight is 273 g/mol. The van der Waals surface area contributed by atoms with Crippen molar-refractivity contribution in [3.8, 4) is 11.5 Å². The second kappa shape index (κ2) is 8.22. The zero-order valence-corrected chi connectivity index (χ0v) is 12.0. The quantitative estimate of drug-likeness (QED) is 0.536. The Labute approximate surface area is 114 Å². The number of rotatable bonds is 8. The summed E-state index contributed by atoms with van der Waals surface area (Å²) in [5, 5.41) is 0. The van der Waals surface area contributed by atoms with E-state index in [1.54, 1.807) is 7.11 Å². The number of hydrogen-bond acceptors (Lipinski definition) is 3. The summed E-state index contributed by atoms with van der Waals surface area (Å²) in [5.74, 6) is 2.43. The molecule has 1 rings (SSSR count). The Bertz CT molecular complexity index is 353. The molecule has 0 amide bonds. The molecule has 1 aromatic carbocycles. The molecule has 0 aliphatic heterocycles. The van der Waals surface area contributed by atoms with E-state index in [9.17, 15) is 0 Å². The summed E-state index contributed by atoms with van der Waals surface area (Å²) in [7, 11) is 1.62. The van der Waals surface area contributed by atoms with E-state index in [4.69, 9.17) is 25.8 Å². The van der Waals surface area contributed by atoms with Crippen LogP contribution in [0.15, 0.2) is 18.2 Å². The average Bonchev–Trinajstić information content (AvgIpc) is 2.37. The van der Waals surface area contributed by atoms with E-state index in [0.29, 0.717) is 36.5 Å². The van der Waals surface area contributed by atoms with E-state index < -0.39 is 0 Å². The SMILES string of the molecule is COc1ccc(CCl)cc1OCCOCC(C)C. The standard InChI is InChI=1S/C14H21ClO3/c1-11(2)10-17-6-7-18-14-8-12(9-15)4-5-13(14)16-3/h4-5,8,11H,6-7,9-10H2,1-3H3. The van der Waals surface area contributed by atoms with Gasteiger partial charge >= 0.3 is 0 Å². The van der Waals surface area contributed by atoms with Gasteiger partial charge in [-0.1, -0.05) is 19.9 Å². The van der Waals surface area contributed by atoms with Crippen LogP contribution >= 0.6 is 11.6 Å². The van der Waals surface area contributed by atoms with Crippen molar-refractivity contribution in [1.29, 1.82) is 0 Å². The maximum absolute atomic E-state index is 5.79. The van der Waals surface area contributed by atoms with E-state index in [1.807, 2.05) is 18.2 Å². The predicted molar refractivity (Wildman–Crippen MR) is 73.7 cm³/mol. The van der Waals surface area contributed by atoms with E-state index >= 15 is 0 Å². The highest BCUT2D eigenvalue weighted by Crippen LogP contribution is 2.28. The summed E-state index contributed by atoms with van der Waals surface area (Å²) in [6, 6.07) is 5.68. The summed E-state index contributed by atoms with van der Waals surface area (Å²) >= 11 is 5.79. The lowest BCUT2D eigenvalue weighted by Gasteiger charge is -2.12. The fraction of sp³-hybridized carbons (Fsp3) is 0.571. The molecule has 4 heteroatoms. The first-order valence-corrected chi connectivity index (χ1v) is 6.64. The van der Waals surface area contributed by atoms with Crippen LogP contribution in [-0.2, 0) is 10.6 Å². The molecule has 0 aromatic heterocycles. The first kappa shape index (κ1) is 15.1. The van der Waals surface area contributed by atoms with Crippen molar-refractivity contribution in [1.82, 2.24) is 0 Å². The third kappa shape index (κ3) is 5.15. The summed E-state index contributed by atoms with van der Waals surface area (Å²) in [6.07, 6.45) is 0. The Hall–Kier alpha value is -0.930. The van der Waals surface area contributed by atoms with Gasteiger partial charge in [0.2, 0.25) is 0 Å². The summed E-state index contributed by atoms with van der Waals surface area (Å²) < 4.78 is 16.3. The van der Waals surface area contributed by atoms with Crippen molar-refractivity contribution in [2.75, 3.05) is 26.9 Å². The third-order valence-corrected chi connectivity index (χ3v) is 2.63. The molecule has 0 saturated heterocycles. The van der Waals surface area contributed by atoms with Crippen molar-refractivity contribution in [3.05, 3.63) is 23.8 Å². The topological polar surface area (TPSA) is 27.7 Å². The minimum absolute atomic E-state index is 0.463. The van der Waals surface area contributed by atoms with Crippen LogP contribution < -0.4 is 9.47 Å². The largest absolute Gasteiger partial charge is 0.493 e. The summed E-state index contributed by atoms with van der Waals surface area (Å²) in [5.41, 5.74) is 1.01. The van der Waals surface area contributed by atoms with Crippen LogP contribution in [0.3, 0.4) is 0 Å². The molecule has 0 unspecified atom stereocenters. The monoisotopic (exact) mass is 272 g/mol. The Morgan fingerprint density at radius 1 is 1.17 bits per heavy atom. The lowest BCUT2D eigenvalue weighted by molar-refractivity contribution is 0.0810. The van der Waals surface area contributed by atoms with Crippen molar-refractivity contribution in [2.24, 2.45) is 5.92 Å². The van der Waals surface area contributed by atoms with Crippen molar-refractivity contribution in [2.45, 2.75) is 19.7 Å². The van der Waals surface area contributed by atoms with E-state index in [2.05, 4.69) is 13.8 Å². The van der Waals surface area contributed by atoms with Gasteiger partial charge in [0.05, 0.1) is 13.7 Å². The molecule has 0 fully saturated rings. The summed E-state index contributed by atoms with van der Waals surface area (Å²) in [6.45, 7) is 6.07. The molecule has 0 atom stereocenters. The molecule has 3 nitrogen and oxygen atoms in total. The summed E-state index contributed by atoms with van der Waals surface area (Å²) in [4.78, 5) is 0. The van der Waals surface area contributed by atoms with Crippen LogP contribution in [0, 0.1) is 5.92 Å². The molecule has 0 radical (unpaired) electrons. The van der Waals surface area contributed by atoms with Gasteiger partial charge in [-0.2, -0.15) is 0 Å². The highest BCUT2D eigenvalue weighted by atomic mass is 35.5. The van der Waals surface area contributed by atoms with Gasteiger partial charge in [-0.3, -0.25) is 0 Å². The minimum atomic E-state index is 0.463. The molecular formula is C14H21ClO3. The van der Waals surface area contributed by atoms with Crippen LogP contribution in [0.25, 0.3) is 0 Å². The predicted octanol–water partition coefficient (Wildman–Crippen LogP) is 3.49. The number of hydrogen-bond donors (Lipinski definition) is 0. The van der Waals surface area contributed by atoms with Gasteiger partial charge in [0.15, 0.2) is 11.5 Å². The number of benzene rings is 1. The molecule has 0 spiro atoms.